The van der Waals surface area contributed by atoms with Crippen molar-refractivity contribution in [2.75, 3.05) is 25.0 Å². The van der Waals surface area contributed by atoms with Crippen molar-refractivity contribution in [3.63, 3.8) is 0 Å². The standard InChI is InChI=1S/C18H24FN3O2/c19-15-7-3-4-8-16(15)20-18(24)21-17(23)12-22-10-9-13-5-1-2-6-14(13)11-22/h3-4,7-8,13-14H,1-2,5-6,9-12H2,(H2,20,21,23,24)/p+1/t13-,14-/m1/s1. The van der Waals surface area contributed by atoms with Crippen molar-refractivity contribution in [2.45, 2.75) is 32.1 Å². The van der Waals surface area contributed by atoms with E-state index in [9.17, 15) is 14.0 Å². The van der Waals surface area contributed by atoms with Crippen LogP contribution in [0.5, 0.6) is 0 Å². The maximum atomic E-state index is 13.5. The summed E-state index contributed by atoms with van der Waals surface area (Å²) in [5, 5.41) is 4.67. The number of amides is 3. The number of hydrogen-bond donors (Lipinski definition) is 3. The molecular formula is C18H25FN3O2+. The van der Waals surface area contributed by atoms with E-state index in [0.29, 0.717) is 6.54 Å². The van der Waals surface area contributed by atoms with E-state index in [2.05, 4.69) is 10.6 Å². The predicted octanol–water partition coefficient (Wildman–Crippen LogP) is 1.57. The van der Waals surface area contributed by atoms with Crippen LogP contribution in [-0.4, -0.2) is 31.6 Å². The Morgan fingerprint density at radius 2 is 1.88 bits per heavy atom. The van der Waals surface area contributed by atoms with E-state index in [-0.39, 0.29) is 11.6 Å². The molecule has 0 aromatic heterocycles. The first kappa shape index (κ1) is 16.9. The molecule has 5 nitrogen and oxygen atoms in total. The molecule has 24 heavy (non-hydrogen) atoms. The monoisotopic (exact) mass is 334 g/mol. The molecule has 1 aliphatic carbocycles. The van der Waals surface area contributed by atoms with Gasteiger partial charge in [-0.2, -0.15) is 0 Å². The van der Waals surface area contributed by atoms with E-state index in [1.165, 1.54) is 49.1 Å². The number of rotatable bonds is 3. The van der Waals surface area contributed by atoms with Crippen molar-refractivity contribution >= 4 is 17.6 Å². The summed E-state index contributed by atoms with van der Waals surface area (Å²) >= 11 is 0. The van der Waals surface area contributed by atoms with Gasteiger partial charge in [0.05, 0.1) is 18.8 Å². The molecule has 0 bridgehead atoms. The van der Waals surface area contributed by atoms with Crippen LogP contribution in [0.4, 0.5) is 14.9 Å². The lowest BCUT2D eigenvalue weighted by molar-refractivity contribution is -0.902. The van der Waals surface area contributed by atoms with Gasteiger partial charge in [0.25, 0.3) is 5.91 Å². The second-order valence-electron chi connectivity index (χ2n) is 6.96. The number of carbonyl (C=O) groups excluding carboxylic acids is 2. The molecule has 3 N–H and O–H groups in total. The Labute approximate surface area is 141 Å². The highest BCUT2D eigenvalue weighted by atomic mass is 19.1. The van der Waals surface area contributed by atoms with E-state index in [0.717, 1.165) is 24.9 Å². The molecule has 1 aliphatic heterocycles. The Morgan fingerprint density at radius 3 is 2.67 bits per heavy atom. The van der Waals surface area contributed by atoms with Crippen molar-refractivity contribution in [1.82, 2.24) is 5.32 Å². The fraction of sp³-hybridized carbons (Fsp3) is 0.556. The molecule has 2 fully saturated rings. The third-order valence-corrected chi connectivity index (χ3v) is 5.27. The molecule has 1 heterocycles. The summed E-state index contributed by atoms with van der Waals surface area (Å²) in [6.07, 6.45) is 6.41. The number of imide groups is 1. The molecule has 3 amide bonds. The number of anilines is 1. The van der Waals surface area contributed by atoms with Crippen LogP contribution in [0.15, 0.2) is 24.3 Å². The number of quaternary nitrogens is 1. The Bertz CT molecular complexity index is 608. The van der Waals surface area contributed by atoms with Crippen LogP contribution in [0.3, 0.4) is 0 Å². The fourth-order valence-corrected chi connectivity index (χ4v) is 4.07. The number of hydrogen-bond acceptors (Lipinski definition) is 2. The molecule has 1 aromatic rings. The average Bonchev–Trinajstić information content (AvgIpc) is 2.56. The van der Waals surface area contributed by atoms with Gasteiger partial charge < -0.3 is 10.2 Å². The highest BCUT2D eigenvalue weighted by molar-refractivity contribution is 6.01. The van der Waals surface area contributed by atoms with Crippen LogP contribution in [0.1, 0.15) is 32.1 Å². The van der Waals surface area contributed by atoms with Gasteiger partial charge in [-0.15, -0.1) is 0 Å². The Kier molecular flexibility index (Phi) is 5.45. The summed E-state index contributed by atoms with van der Waals surface area (Å²) in [6, 6.07) is 5.20. The number of piperidine rings is 1. The van der Waals surface area contributed by atoms with Crippen LogP contribution >= 0.6 is 0 Å². The molecule has 3 rings (SSSR count). The number of halogens is 1. The van der Waals surface area contributed by atoms with Gasteiger partial charge in [0.15, 0.2) is 6.54 Å². The van der Waals surface area contributed by atoms with Gasteiger partial charge in [0.1, 0.15) is 5.82 Å². The van der Waals surface area contributed by atoms with Crippen LogP contribution in [-0.2, 0) is 4.79 Å². The minimum atomic E-state index is -0.683. The lowest BCUT2D eigenvalue weighted by Gasteiger charge is -2.38. The highest BCUT2D eigenvalue weighted by Crippen LogP contribution is 2.32. The van der Waals surface area contributed by atoms with Gasteiger partial charge in [0, 0.05) is 5.92 Å². The van der Waals surface area contributed by atoms with E-state index >= 15 is 0 Å². The summed E-state index contributed by atoms with van der Waals surface area (Å²) in [5.41, 5.74) is 0.0677. The summed E-state index contributed by atoms with van der Waals surface area (Å²) in [6.45, 7) is 2.31. The number of nitrogens with one attached hydrogen (secondary N) is 3. The molecule has 1 unspecified atom stereocenters. The normalized spacial score (nSPS) is 26.3. The number of fused-ring (bicyclic) bond motifs is 1. The Morgan fingerprint density at radius 1 is 1.12 bits per heavy atom. The van der Waals surface area contributed by atoms with Gasteiger partial charge in [-0.1, -0.05) is 25.0 Å². The van der Waals surface area contributed by atoms with Gasteiger partial charge >= 0.3 is 6.03 Å². The predicted molar refractivity (Wildman–Crippen MR) is 89.2 cm³/mol. The first-order chi connectivity index (χ1) is 11.6. The number of carbonyl (C=O) groups is 2. The van der Waals surface area contributed by atoms with Crippen molar-refractivity contribution in [1.29, 1.82) is 0 Å². The number of para-hydroxylation sites is 1. The van der Waals surface area contributed by atoms with Gasteiger partial charge in [0.2, 0.25) is 0 Å². The molecule has 130 valence electrons. The lowest BCUT2D eigenvalue weighted by Crippen LogP contribution is -3.15. The smallest absolute Gasteiger partial charge is 0.326 e. The summed E-state index contributed by atoms with van der Waals surface area (Å²) in [5.74, 6) is 0.718. The average molecular weight is 334 g/mol. The van der Waals surface area contributed by atoms with E-state index in [1.807, 2.05) is 0 Å². The first-order valence-corrected chi connectivity index (χ1v) is 8.81. The molecule has 0 radical (unpaired) electrons. The van der Waals surface area contributed by atoms with Gasteiger partial charge in [-0.25, -0.2) is 9.18 Å². The second-order valence-corrected chi connectivity index (χ2v) is 6.96. The van der Waals surface area contributed by atoms with Crippen LogP contribution in [0.2, 0.25) is 0 Å². The SMILES string of the molecule is O=C(C[NH+]1CC[C@H]2CCCC[C@@H]2C1)NC(=O)Nc1ccccc1F. The van der Waals surface area contributed by atoms with Crippen molar-refractivity contribution in [3.05, 3.63) is 30.1 Å². The zero-order chi connectivity index (χ0) is 16.9. The van der Waals surface area contributed by atoms with Gasteiger partial charge in [-0.3, -0.25) is 10.1 Å². The third kappa shape index (κ3) is 4.32. The largest absolute Gasteiger partial charge is 0.327 e. The van der Waals surface area contributed by atoms with Crippen molar-refractivity contribution < 1.29 is 18.9 Å². The second kappa shape index (κ2) is 7.75. The Balaban J connectivity index is 1.45. The molecule has 1 saturated heterocycles. The maximum absolute atomic E-state index is 13.5. The molecular weight excluding hydrogens is 309 g/mol. The molecule has 0 spiro atoms. The zero-order valence-electron chi connectivity index (χ0n) is 13.8. The molecule has 2 aliphatic rings. The quantitative estimate of drug-likeness (QED) is 0.786. The lowest BCUT2D eigenvalue weighted by atomic mass is 9.75. The minimum absolute atomic E-state index is 0.0677. The molecule has 1 aromatic carbocycles. The number of benzene rings is 1. The van der Waals surface area contributed by atoms with E-state index in [1.54, 1.807) is 12.1 Å². The summed E-state index contributed by atoms with van der Waals surface area (Å²) in [4.78, 5) is 25.1. The van der Waals surface area contributed by atoms with Crippen LogP contribution in [0.25, 0.3) is 0 Å². The Hall–Kier alpha value is -1.95. The zero-order valence-corrected chi connectivity index (χ0v) is 13.8. The first-order valence-electron chi connectivity index (χ1n) is 8.81. The topological polar surface area (TPSA) is 62.6 Å². The summed E-state index contributed by atoms with van der Waals surface area (Å²) < 4.78 is 13.5. The van der Waals surface area contributed by atoms with E-state index < -0.39 is 11.8 Å². The van der Waals surface area contributed by atoms with Crippen molar-refractivity contribution in [3.8, 4) is 0 Å². The van der Waals surface area contributed by atoms with Crippen LogP contribution in [0, 0.1) is 17.7 Å². The van der Waals surface area contributed by atoms with Gasteiger partial charge in [-0.05, 0) is 37.3 Å². The molecule has 1 saturated carbocycles. The molecule has 3 atom stereocenters. The summed E-state index contributed by atoms with van der Waals surface area (Å²) in [7, 11) is 0. The maximum Gasteiger partial charge on any atom is 0.326 e. The number of likely N-dealkylation sites (tertiary alicyclic amines) is 1. The number of urea groups is 1. The highest BCUT2D eigenvalue weighted by Gasteiger charge is 2.34. The van der Waals surface area contributed by atoms with Crippen molar-refractivity contribution in [2.24, 2.45) is 11.8 Å². The van der Waals surface area contributed by atoms with Crippen LogP contribution < -0.4 is 15.5 Å². The third-order valence-electron chi connectivity index (χ3n) is 5.27. The minimum Gasteiger partial charge on any atom is -0.327 e. The van der Waals surface area contributed by atoms with E-state index in [4.69, 9.17) is 0 Å². The molecule has 6 heteroatoms. The fourth-order valence-electron chi connectivity index (χ4n) is 4.07.